The van der Waals surface area contributed by atoms with Crippen molar-refractivity contribution < 1.29 is 4.79 Å². The first-order valence-electron chi connectivity index (χ1n) is 8.04. The first kappa shape index (κ1) is 15.6. The van der Waals surface area contributed by atoms with Crippen LogP contribution in [0.1, 0.15) is 15.9 Å². The van der Waals surface area contributed by atoms with Gasteiger partial charge >= 0.3 is 0 Å². The Morgan fingerprint density at radius 2 is 1.74 bits per heavy atom. The maximum Gasteiger partial charge on any atom is 0.176 e. The lowest BCUT2D eigenvalue weighted by atomic mass is 10.1. The Morgan fingerprint density at radius 1 is 1.04 bits per heavy atom. The van der Waals surface area contributed by atoms with Gasteiger partial charge in [-0.15, -0.1) is 0 Å². The summed E-state index contributed by atoms with van der Waals surface area (Å²) >= 11 is 0. The van der Waals surface area contributed by atoms with Crippen LogP contribution in [0, 0.1) is 6.92 Å². The molecule has 1 saturated heterocycles. The minimum Gasteiger partial charge on any atom is -0.399 e. The molecule has 4 heteroatoms. The van der Waals surface area contributed by atoms with E-state index in [0.717, 1.165) is 31.7 Å². The molecule has 3 rings (SSSR count). The molecule has 0 unspecified atom stereocenters. The Kier molecular flexibility index (Phi) is 4.63. The SMILES string of the molecule is Cc1cccc(N2CCN(CC(=O)c3ccc(N)cc3)CC2)c1. The molecule has 0 spiro atoms. The number of hydrogen-bond acceptors (Lipinski definition) is 4. The fraction of sp³-hybridized carbons (Fsp3) is 0.316. The minimum atomic E-state index is 0.161. The molecule has 1 aliphatic heterocycles. The van der Waals surface area contributed by atoms with Crippen molar-refractivity contribution in [3.63, 3.8) is 0 Å². The van der Waals surface area contributed by atoms with E-state index < -0.39 is 0 Å². The molecule has 2 aromatic carbocycles. The summed E-state index contributed by atoms with van der Waals surface area (Å²) in [5.74, 6) is 0.161. The van der Waals surface area contributed by atoms with E-state index in [-0.39, 0.29) is 5.78 Å². The lowest BCUT2D eigenvalue weighted by Gasteiger charge is -2.35. The molecule has 0 bridgehead atoms. The number of nitrogens with zero attached hydrogens (tertiary/aromatic N) is 2. The number of Topliss-reactive ketones (excluding diaryl/α,β-unsaturated/α-hetero) is 1. The third-order valence-corrected chi connectivity index (χ3v) is 4.34. The molecule has 2 aromatic rings. The molecular weight excluding hydrogens is 286 g/mol. The second kappa shape index (κ2) is 6.84. The molecule has 0 saturated carbocycles. The van der Waals surface area contributed by atoms with Gasteiger partial charge < -0.3 is 10.6 Å². The molecular formula is C19H23N3O. The fourth-order valence-electron chi connectivity index (χ4n) is 2.95. The number of carbonyl (C=O) groups is 1. The van der Waals surface area contributed by atoms with Crippen molar-refractivity contribution in [1.29, 1.82) is 0 Å². The van der Waals surface area contributed by atoms with Crippen LogP contribution >= 0.6 is 0 Å². The quantitative estimate of drug-likeness (QED) is 0.696. The molecule has 0 radical (unpaired) electrons. The van der Waals surface area contributed by atoms with Gasteiger partial charge in [0.15, 0.2) is 5.78 Å². The average molecular weight is 309 g/mol. The average Bonchev–Trinajstić information content (AvgIpc) is 2.56. The maximum absolute atomic E-state index is 12.3. The maximum atomic E-state index is 12.3. The van der Waals surface area contributed by atoms with Crippen LogP contribution in [0.4, 0.5) is 11.4 Å². The zero-order valence-corrected chi connectivity index (χ0v) is 13.5. The van der Waals surface area contributed by atoms with Crippen LogP contribution in [-0.4, -0.2) is 43.4 Å². The van der Waals surface area contributed by atoms with Gasteiger partial charge in [0.1, 0.15) is 0 Å². The minimum absolute atomic E-state index is 0.161. The Balaban J connectivity index is 1.55. The number of ketones is 1. The summed E-state index contributed by atoms with van der Waals surface area (Å²) in [5, 5.41) is 0. The molecule has 2 N–H and O–H groups in total. The van der Waals surface area contributed by atoms with E-state index in [4.69, 9.17) is 5.73 Å². The summed E-state index contributed by atoms with van der Waals surface area (Å²) in [4.78, 5) is 16.9. The van der Waals surface area contributed by atoms with Crippen molar-refractivity contribution in [2.24, 2.45) is 0 Å². The molecule has 1 fully saturated rings. The largest absolute Gasteiger partial charge is 0.399 e. The fourth-order valence-corrected chi connectivity index (χ4v) is 2.95. The highest BCUT2D eigenvalue weighted by molar-refractivity contribution is 5.97. The van der Waals surface area contributed by atoms with Crippen LogP contribution in [-0.2, 0) is 0 Å². The molecule has 1 heterocycles. The van der Waals surface area contributed by atoms with Gasteiger partial charge in [0.2, 0.25) is 0 Å². The number of carbonyl (C=O) groups excluding carboxylic acids is 1. The van der Waals surface area contributed by atoms with Crippen LogP contribution < -0.4 is 10.6 Å². The molecule has 120 valence electrons. The summed E-state index contributed by atoms with van der Waals surface area (Å²) in [6.07, 6.45) is 0. The van der Waals surface area contributed by atoms with Gasteiger partial charge in [-0.1, -0.05) is 12.1 Å². The predicted molar refractivity (Wildman–Crippen MR) is 95.0 cm³/mol. The predicted octanol–water partition coefficient (Wildman–Crippen LogP) is 2.58. The zero-order valence-electron chi connectivity index (χ0n) is 13.5. The van der Waals surface area contributed by atoms with Crippen LogP contribution in [0.3, 0.4) is 0 Å². The summed E-state index contributed by atoms with van der Waals surface area (Å²) in [5.41, 5.74) is 9.64. The highest BCUT2D eigenvalue weighted by Crippen LogP contribution is 2.18. The van der Waals surface area contributed by atoms with E-state index in [0.29, 0.717) is 12.2 Å². The van der Waals surface area contributed by atoms with Crippen LogP contribution in [0.5, 0.6) is 0 Å². The third kappa shape index (κ3) is 3.90. The summed E-state index contributed by atoms with van der Waals surface area (Å²) in [6.45, 7) is 6.33. The van der Waals surface area contributed by atoms with Gasteiger partial charge in [-0.3, -0.25) is 9.69 Å². The van der Waals surface area contributed by atoms with Crippen molar-refractivity contribution in [2.45, 2.75) is 6.92 Å². The molecule has 0 amide bonds. The second-order valence-corrected chi connectivity index (χ2v) is 6.15. The van der Waals surface area contributed by atoms with Crippen molar-refractivity contribution in [3.05, 3.63) is 59.7 Å². The molecule has 4 nitrogen and oxygen atoms in total. The monoisotopic (exact) mass is 309 g/mol. The summed E-state index contributed by atoms with van der Waals surface area (Å²) in [7, 11) is 0. The molecule has 23 heavy (non-hydrogen) atoms. The number of benzene rings is 2. The highest BCUT2D eigenvalue weighted by Gasteiger charge is 2.19. The van der Waals surface area contributed by atoms with Gasteiger partial charge in [-0.2, -0.15) is 0 Å². The Bertz CT molecular complexity index is 673. The van der Waals surface area contributed by atoms with Crippen molar-refractivity contribution in [2.75, 3.05) is 43.4 Å². The van der Waals surface area contributed by atoms with Gasteiger partial charge in [0.25, 0.3) is 0 Å². The standard InChI is InChI=1S/C19H23N3O/c1-15-3-2-4-18(13-15)22-11-9-21(10-12-22)14-19(23)16-5-7-17(20)8-6-16/h2-8,13H,9-12,14,20H2,1H3. The van der Waals surface area contributed by atoms with E-state index in [1.165, 1.54) is 11.3 Å². The highest BCUT2D eigenvalue weighted by atomic mass is 16.1. The molecule has 0 aromatic heterocycles. The third-order valence-electron chi connectivity index (χ3n) is 4.34. The number of nitrogens with two attached hydrogens (primary N) is 1. The normalized spacial score (nSPS) is 15.6. The molecule has 0 atom stereocenters. The van der Waals surface area contributed by atoms with E-state index >= 15 is 0 Å². The summed E-state index contributed by atoms with van der Waals surface area (Å²) < 4.78 is 0. The van der Waals surface area contributed by atoms with Gasteiger partial charge in [0, 0.05) is 43.1 Å². The number of anilines is 2. The van der Waals surface area contributed by atoms with E-state index in [1.54, 1.807) is 24.3 Å². The lowest BCUT2D eigenvalue weighted by Crippen LogP contribution is -2.48. The van der Waals surface area contributed by atoms with Crippen LogP contribution in [0.15, 0.2) is 48.5 Å². The zero-order chi connectivity index (χ0) is 16.2. The first-order valence-corrected chi connectivity index (χ1v) is 8.04. The Morgan fingerprint density at radius 3 is 2.39 bits per heavy atom. The molecule has 0 aliphatic carbocycles. The first-order chi connectivity index (χ1) is 11.1. The molecule has 1 aliphatic rings. The van der Waals surface area contributed by atoms with E-state index in [2.05, 4.69) is 41.0 Å². The summed E-state index contributed by atoms with van der Waals surface area (Å²) in [6, 6.07) is 15.8. The topological polar surface area (TPSA) is 49.6 Å². The van der Waals surface area contributed by atoms with Crippen molar-refractivity contribution in [3.8, 4) is 0 Å². The Labute approximate surface area is 137 Å². The van der Waals surface area contributed by atoms with Crippen LogP contribution in [0.25, 0.3) is 0 Å². The Hall–Kier alpha value is -2.33. The number of aryl methyl sites for hydroxylation is 1. The smallest absolute Gasteiger partial charge is 0.176 e. The number of rotatable bonds is 4. The second-order valence-electron chi connectivity index (χ2n) is 6.15. The van der Waals surface area contributed by atoms with Gasteiger partial charge in [0.05, 0.1) is 6.54 Å². The number of piperazine rings is 1. The van der Waals surface area contributed by atoms with E-state index in [9.17, 15) is 4.79 Å². The van der Waals surface area contributed by atoms with Gasteiger partial charge in [-0.25, -0.2) is 0 Å². The lowest BCUT2D eigenvalue weighted by molar-refractivity contribution is 0.0926. The van der Waals surface area contributed by atoms with Crippen molar-refractivity contribution in [1.82, 2.24) is 4.90 Å². The van der Waals surface area contributed by atoms with Crippen molar-refractivity contribution >= 4 is 17.2 Å². The number of hydrogen-bond donors (Lipinski definition) is 1. The van der Waals surface area contributed by atoms with Gasteiger partial charge in [-0.05, 0) is 48.9 Å². The number of nitrogen functional groups attached to an aromatic ring is 1. The van der Waals surface area contributed by atoms with Crippen LogP contribution in [0.2, 0.25) is 0 Å². The van der Waals surface area contributed by atoms with E-state index in [1.807, 2.05) is 0 Å².